The van der Waals surface area contributed by atoms with E-state index in [0.29, 0.717) is 5.75 Å². The Balaban J connectivity index is 1.57. The molecule has 4 aromatic rings. The number of aromatic amines is 1. The topological polar surface area (TPSA) is 127 Å². The lowest BCUT2D eigenvalue weighted by Crippen LogP contribution is -2.30. The normalized spacial score (nSPS) is 12.5. The van der Waals surface area contributed by atoms with Crippen molar-refractivity contribution in [3.8, 4) is 5.75 Å². The molecule has 0 radical (unpaired) electrons. The van der Waals surface area contributed by atoms with Crippen molar-refractivity contribution in [1.82, 2.24) is 19.1 Å². The summed E-state index contributed by atoms with van der Waals surface area (Å²) < 4.78 is 8.32. The largest absolute Gasteiger partial charge is 0.491 e. The summed E-state index contributed by atoms with van der Waals surface area (Å²) >= 11 is 0. The SMILES string of the molecule is Cn1c(=O)[nH]c(=O)c2c1nc(N/N=C\C=C\c1ccccc1)n2CC(O)COc1ccccc1. The van der Waals surface area contributed by atoms with E-state index < -0.39 is 17.4 Å². The predicted molar refractivity (Wildman–Crippen MR) is 131 cm³/mol. The first kappa shape index (κ1) is 22.7. The Bertz CT molecular complexity index is 1420. The first-order valence-electron chi connectivity index (χ1n) is 10.6. The van der Waals surface area contributed by atoms with Crippen LogP contribution in [0.2, 0.25) is 0 Å². The van der Waals surface area contributed by atoms with Gasteiger partial charge in [-0.05, 0) is 23.8 Å². The molecular weight excluding hydrogens is 436 g/mol. The first-order valence-corrected chi connectivity index (χ1v) is 10.6. The van der Waals surface area contributed by atoms with E-state index in [1.165, 1.54) is 22.4 Å². The summed E-state index contributed by atoms with van der Waals surface area (Å²) in [5, 5.41) is 14.7. The molecule has 0 aliphatic rings. The molecule has 0 fully saturated rings. The van der Waals surface area contributed by atoms with E-state index in [1.807, 2.05) is 54.6 Å². The van der Waals surface area contributed by atoms with Crippen molar-refractivity contribution in [1.29, 1.82) is 0 Å². The van der Waals surface area contributed by atoms with Crippen LogP contribution in [-0.2, 0) is 13.6 Å². The van der Waals surface area contributed by atoms with Crippen LogP contribution in [0.1, 0.15) is 5.56 Å². The predicted octanol–water partition coefficient (Wildman–Crippen LogP) is 1.97. The molecule has 2 heterocycles. The molecule has 0 saturated heterocycles. The summed E-state index contributed by atoms with van der Waals surface area (Å²) in [5.41, 5.74) is 2.92. The molecule has 174 valence electrons. The number of hydrogen-bond acceptors (Lipinski definition) is 7. The number of hydrogen-bond donors (Lipinski definition) is 3. The average molecular weight is 460 g/mol. The number of aromatic nitrogens is 4. The summed E-state index contributed by atoms with van der Waals surface area (Å²) in [6.07, 6.45) is 4.21. The van der Waals surface area contributed by atoms with E-state index in [2.05, 4.69) is 20.5 Å². The van der Waals surface area contributed by atoms with Crippen molar-refractivity contribution < 1.29 is 9.84 Å². The van der Waals surface area contributed by atoms with Gasteiger partial charge in [0.1, 0.15) is 18.5 Å². The number of imidazole rings is 1. The third-order valence-electron chi connectivity index (χ3n) is 5.00. The van der Waals surface area contributed by atoms with Crippen molar-refractivity contribution >= 4 is 29.4 Å². The molecule has 0 saturated carbocycles. The van der Waals surface area contributed by atoms with Gasteiger partial charge in [-0.2, -0.15) is 10.1 Å². The summed E-state index contributed by atoms with van der Waals surface area (Å²) in [6.45, 7) is -0.0157. The summed E-state index contributed by atoms with van der Waals surface area (Å²) in [7, 11) is 1.50. The lowest BCUT2D eigenvalue weighted by Gasteiger charge is -2.15. The molecule has 4 rings (SSSR count). The third-order valence-corrected chi connectivity index (χ3v) is 5.00. The molecule has 10 nitrogen and oxygen atoms in total. The highest BCUT2D eigenvalue weighted by molar-refractivity contribution is 5.79. The number of aryl methyl sites for hydroxylation is 1. The molecule has 0 aliphatic carbocycles. The Hall–Kier alpha value is -4.44. The molecule has 0 spiro atoms. The number of allylic oxidation sites excluding steroid dienone is 1. The zero-order chi connectivity index (χ0) is 23.9. The van der Waals surface area contributed by atoms with Crippen LogP contribution in [0.4, 0.5) is 5.95 Å². The number of H-pyrrole nitrogens is 1. The fourth-order valence-electron chi connectivity index (χ4n) is 3.33. The molecule has 0 aliphatic heterocycles. The molecule has 1 unspecified atom stereocenters. The maximum absolute atomic E-state index is 12.6. The second-order valence-corrected chi connectivity index (χ2v) is 7.47. The smallest absolute Gasteiger partial charge is 0.329 e. The molecule has 1 atom stereocenters. The number of aliphatic hydroxyl groups is 1. The number of rotatable bonds is 9. The average Bonchev–Trinajstić information content (AvgIpc) is 3.21. The molecule has 3 N–H and O–H groups in total. The van der Waals surface area contributed by atoms with E-state index in [9.17, 15) is 14.7 Å². The summed E-state index contributed by atoms with van der Waals surface area (Å²) in [4.78, 5) is 31.2. The Kier molecular flexibility index (Phi) is 6.99. The number of para-hydroxylation sites is 1. The number of hydrazone groups is 1. The van der Waals surface area contributed by atoms with Gasteiger partial charge in [-0.3, -0.25) is 14.3 Å². The number of benzene rings is 2. The van der Waals surface area contributed by atoms with Crippen molar-refractivity contribution in [3.05, 3.63) is 93.1 Å². The monoisotopic (exact) mass is 460 g/mol. The van der Waals surface area contributed by atoms with Crippen molar-refractivity contribution in [3.63, 3.8) is 0 Å². The number of nitrogens with zero attached hydrogens (tertiary/aromatic N) is 4. The number of ether oxygens (including phenoxy) is 1. The minimum atomic E-state index is -0.961. The molecule has 2 aromatic heterocycles. The van der Waals surface area contributed by atoms with Crippen LogP contribution in [0.3, 0.4) is 0 Å². The van der Waals surface area contributed by atoms with Crippen LogP contribution in [0.5, 0.6) is 5.75 Å². The minimum Gasteiger partial charge on any atom is -0.491 e. The Morgan fingerprint density at radius 2 is 1.85 bits per heavy atom. The van der Waals surface area contributed by atoms with Gasteiger partial charge in [-0.1, -0.05) is 54.6 Å². The van der Waals surface area contributed by atoms with Crippen LogP contribution in [0, 0.1) is 0 Å². The zero-order valence-electron chi connectivity index (χ0n) is 18.5. The van der Waals surface area contributed by atoms with Gasteiger partial charge in [0.25, 0.3) is 5.56 Å². The second kappa shape index (κ2) is 10.5. The molecular formula is C24H24N6O4. The van der Waals surface area contributed by atoms with E-state index in [1.54, 1.807) is 18.2 Å². The molecule has 34 heavy (non-hydrogen) atoms. The minimum absolute atomic E-state index is 0.00409. The van der Waals surface area contributed by atoms with Gasteiger partial charge in [0.15, 0.2) is 11.2 Å². The zero-order valence-corrected chi connectivity index (χ0v) is 18.5. The van der Waals surface area contributed by atoms with E-state index >= 15 is 0 Å². The highest BCUT2D eigenvalue weighted by atomic mass is 16.5. The van der Waals surface area contributed by atoms with Gasteiger partial charge >= 0.3 is 5.69 Å². The summed E-state index contributed by atoms with van der Waals surface area (Å²) in [5.74, 6) is 0.815. The second-order valence-electron chi connectivity index (χ2n) is 7.47. The Labute approximate surface area is 194 Å². The first-order chi connectivity index (χ1) is 16.5. The van der Waals surface area contributed by atoms with Gasteiger partial charge in [0.2, 0.25) is 5.95 Å². The quantitative estimate of drug-likeness (QED) is 0.259. The molecule has 0 bridgehead atoms. The van der Waals surface area contributed by atoms with Gasteiger partial charge < -0.3 is 14.4 Å². The fourth-order valence-corrected chi connectivity index (χ4v) is 3.33. The number of nitrogens with one attached hydrogen (secondary N) is 2. The fraction of sp³-hybridized carbons (Fsp3) is 0.167. The van der Waals surface area contributed by atoms with Gasteiger partial charge in [0, 0.05) is 13.3 Å². The van der Waals surface area contributed by atoms with Crippen LogP contribution in [0.25, 0.3) is 17.2 Å². The van der Waals surface area contributed by atoms with Crippen molar-refractivity contribution in [2.24, 2.45) is 12.1 Å². The van der Waals surface area contributed by atoms with Crippen LogP contribution >= 0.6 is 0 Å². The maximum Gasteiger partial charge on any atom is 0.329 e. The highest BCUT2D eigenvalue weighted by Crippen LogP contribution is 2.17. The van der Waals surface area contributed by atoms with Crippen LogP contribution in [-0.4, -0.2) is 43.1 Å². The van der Waals surface area contributed by atoms with Crippen molar-refractivity contribution in [2.45, 2.75) is 12.6 Å². The number of aliphatic hydroxyl groups excluding tert-OH is 1. The summed E-state index contributed by atoms with van der Waals surface area (Å²) in [6, 6.07) is 18.8. The number of fused-ring (bicyclic) bond motifs is 1. The van der Waals surface area contributed by atoms with E-state index in [0.717, 1.165) is 5.56 Å². The van der Waals surface area contributed by atoms with Crippen molar-refractivity contribution in [2.75, 3.05) is 12.0 Å². The van der Waals surface area contributed by atoms with Gasteiger partial charge in [-0.25, -0.2) is 10.2 Å². The molecule has 0 amide bonds. The maximum atomic E-state index is 12.6. The molecule has 10 heteroatoms. The van der Waals surface area contributed by atoms with Gasteiger partial charge in [0.05, 0.1) is 6.54 Å². The Morgan fingerprint density at radius 1 is 1.15 bits per heavy atom. The lowest BCUT2D eigenvalue weighted by molar-refractivity contribution is 0.0938. The highest BCUT2D eigenvalue weighted by Gasteiger charge is 2.19. The van der Waals surface area contributed by atoms with E-state index in [4.69, 9.17) is 4.74 Å². The standard InChI is InChI=1S/C24H24N6O4/c1-29-21-20(22(32)27-24(29)33)30(15-18(31)16-34-19-12-6-3-7-13-19)23(26-21)28-25-14-8-11-17-9-4-2-5-10-17/h2-14,18,31H,15-16H2,1H3,(H,26,28)(H,27,32,33)/b11-8+,25-14-. The third kappa shape index (κ3) is 5.30. The number of anilines is 1. The van der Waals surface area contributed by atoms with Gasteiger partial charge in [-0.15, -0.1) is 0 Å². The Morgan fingerprint density at radius 3 is 2.59 bits per heavy atom. The van der Waals surface area contributed by atoms with E-state index in [-0.39, 0.29) is 30.3 Å². The molecule has 2 aromatic carbocycles. The van der Waals surface area contributed by atoms with Crippen LogP contribution in [0.15, 0.2) is 81.4 Å². The van der Waals surface area contributed by atoms with Crippen LogP contribution < -0.4 is 21.4 Å². The lowest BCUT2D eigenvalue weighted by atomic mass is 10.2.